The number of benzene rings is 3. The summed E-state index contributed by atoms with van der Waals surface area (Å²) in [5.74, 6) is 0.592. The van der Waals surface area contributed by atoms with Crippen molar-refractivity contribution in [1.29, 1.82) is 0 Å². The van der Waals surface area contributed by atoms with Crippen LogP contribution in [0.3, 0.4) is 0 Å². The summed E-state index contributed by atoms with van der Waals surface area (Å²) in [6.45, 7) is 0. The second-order valence-electron chi connectivity index (χ2n) is 7.04. The summed E-state index contributed by atoms with van der Waals surface area (Å²) >= 11 is 0. The maximum Gasteiger partial charge on any atom is 0.224 e. The number of hydrogen-bond donors (Lipinski definition) is 1. The lowest BCUT2D eigenvalue weighted by atomic mass is 10.2. The molecule has 0 bridgehead atoms. The van der Waals surface area contributed by atoms with E-state index in [1.807, 2.05) is 54.6 Å². The van der Waals surface area contributed by atoms with Crippen LogP contribution in [0.15, 0.2) is 83.8 Å². The lowest BCUT2D eigenvalue weighted by molar-refractivity contribution is -0.116. The Bertz CT molecular complexity index is 1310. The molecule has 0 aliphatic rings. The number of imidazole rings is 1. The second kappa shape index (κ2) is 8.12. The highest BCUT2D eigenvalue weighted by Gasteiger charge is 2.14. The first-order chi connectivity index (χ1) is 14.4. The van der Waals surface area contributed by atoms with E-state index < -0.39 is 9.84 Å². The van der Waals surface area contributed by atoms with E-state index >= 15 is 0 Å². The number of sulfone groups is 1. The van der Waals surface area contributed by atoms with Crippen molar-refractivity contribution in [2.45, 2.75) is 17.7 Å². The molecule has 1 amide bonds. The summed E-state index contributed by atoms with van der Waals surface area (Å²) < 4.78 is 25.5. The van der Waals surface area contributed by atoms with Crippen LogP contribution in [-0.4, -0.2) is 30.1 Å². The summed E-state index contributed by atoms with van der Waals surface area (Å²) in [5, 5.41) is 2.78. The van der Waals surface area contributed by atoms with Crippen LogP contribution in [0.5, 0.6) is 0 Å². The molecule has 4 aromatic rings. The van der Waals surface area contributed by atoms with E-state index in [0.29, 0.717) is 12.1 Å². The Morgan fingerprint density at radius 3 is 2.47 bits per heavy atom. The lowest BCUT2D eigenvalue weighted by Gasteiger charge is -2.10. The largest absolute Gasteiger partial charge is 0.326 e. The normalized spacial score (nSPS) is 11.5. The van der Waals surface area contributed by atoms with Gasteiger partial charge in [-0.3, -0.25) is 9.36 Å². The zero-order chi connectivity index (χ0) is 21.1. The Hall–Kier alpha value is -3.45. The molecule has 0 spiro atoms. The highest BCUT2D eigenvalue weighted by Crippen LogP contribution is 2.22. The van der Waals surface area contributed by atoms with Crippen LogP contribution in [0.4, 0.5) is 5.69 Å². The summed E-state index contributed by atoms with van der Waals surface area (Å²) in [5.41, 5.74) is 3.31. The minimum atomic E-state index is -3.33. The van der Waals surface area contributed by atoms with Gasteiger partial charge >= 0.3 is 0 Å². The number of fused-ring (bicyclic) bond motifs is 1. The van der Waals surface area contributed by atoms with Gasteiger partial charge in [0.15, 0.2) is 9.84 Å². The molecule has 0 aliphatic heterocycles. The van der Waals surface area contributed by atoms with Gasteiger partial charge in [0.25, 0.3) is 0 Å². The van der Waals surface area contributed by atoms with Crippen molar-refractivity contribution >= 4 is 32.5 Å². The third-order valence-corrected chi connectivity index (χ3v) is 5.88. The third kappa shape index (κ3) is 4.26. The fraction of sp³-hybridized carbons (Fsp3) is 0.130. The topological polar surface area (TPSA) is 81.1 Å². The maximum atomic E-state index is 12.5. The molecule has 1 aromatic heterocycles. The SMILES string of the molecule is CS(=O)(=O)c1cccc(NC(=O)CCc2nc3ccccc3n2-c2ccccc2)c1. The number of amides is 1. The van der Waals surface area contributed by atoms with Gasteiger partial charge in [0.05, 0.1) is 15.9 Å². The Labute approximate surface area is 175 Å². The molecule has 0 fully saturated rings. The van der Waals surface area contributed by atoms with Gasteiger partial charge < -0.3 is 5.32 Å². The van der Waals surface area contributed by atoms with Crippen LogP contribution in [0, 0.1) is 0 Å². The smallest absolute Gasteiger partial charge is 0.224 e. The van der Waals surface area contributed by atoms with Gasteiger partial charge in [0, 0.05) is 30.5 Å². The van der Waals surface area contributed by atoms with Crippen molar-refractivity contribution in [2.75, 3.05) is 11.6 Å². The maximum absolute atomic E-state index is 12.5. The zero-order valence-electron chi connectivity index (χ0n) is 16.4. The summed E-state index contributed by atoms with van der Waals surface area (Å²) in [7, 11) is -3.33. The minimum Gasteiger partial charge on any atom is -0.326 e. The number of aryl methyl sites for hydroxylation is 1. The summed E-state index contributed by atoms with van der Waals surface area (Å²) in [4.78, 5) is 17.4. The van der Waals surface area contributed by atoms with E-state index in [9.17, 15) is 13.2 Å². The molecule has 0 radical (unpaired) electrons. The quantitative estimate of drug-likeness (QED) is 0.512. The zero-order valence-corrected chi connectivity index (χ0v) is 17.3. The Kier molecular flexibility index (Phi) is 5.37. The number of nitrogens with one attached hydrogen (secondary N) is 1. The Balaban J connectivity index is 1.55. The fourth-order valence-corrected chi connectivity index (χ4v) is 4.03. The van der Waals surface area contributed by atoms with Gasteiger partial charge in [0.1, 0.15) is 5.82 Å². The Morgan fingerprint density at radius 2 is 1.70 bits per heavy atom. The Morgan fingerprint density at radius 1 is 0.967 bits per heavy atom. The van der Waals surface area contributed by atoms with Crippen molar-refractivity contribution < 1.29 is 13.2 Å². The van der Waals surface area contributed by atoms with Crippen molar-refractivity contribution in [1.82, 2.24) is 9.55 Å². The number of anilines is 1. The number of para-hydroxylation sites is 3. The molecule has 152 valence electrons. The van der Waals surface area contributed by atoms with Crippen molar-refractivity contribution in [2.24, 2.45) is 0 Å². The molecular weight excluding hydrogens is 398 g/mol. The summed E-state index contributed by atoms with van der Waals surface area (Å²) in [6.07, 6.45) is 1.81. The van der Waals surface area contributed by atoms with Gasteiger partial charge in [-0.15, -0.1) is 0 Å². The van der Waals surface area contributed by atoms with E-state index in [-0.39, 0.29) is 17.2 Å². The van der Waals surface area contributed by atoms with Crippen molar-refractivity contribution in [3.8, 4) is 5.69 Å². The number of rotatable bonds is 6. The van der Waals surface area contributed by atoms with Crippen LogP contribution in [0.2, 0.25) is 0 Å². The van der Waals surface area contributed by atoms with Gasteiger partial charge in [-0.05, 0) is 42.5 Å². The molecular formula is C23H21N3O3S. The average Bonchev–Trinajstić information content (AvgIpc) is 3.11. The molecule has 0 saturated carbocycles. The van der Waals surface area contributed by atoms with Gasteiger partial charge in [-0.1, -0.05) is 36.4 Å². The average molecular weight is 420 g/mol. The number of carbonyl (C=O) groups excluding carboxylic acids is 1. The molecule has 1 N–H and O–H groups in total. The van der Waals surface area contributed by atoms with E-state index in [4.69, 9.17) is 4.98 Å². The summed E-state index contributed by atoms with van der Waals surface area (Å²) in [6, 6.07) is 24.0. The molecule has 0 aliphatic carbocycles. The molecule has 4 rings (SSSR count). The number of nitrogens with zero attached hydrogens (tertiary/aromatic N) is 2. The highest BCUT2D eigenvalue weighted by molar-refractivity contribution is 7.90. The highest BCUT2D eigenvalue weighted by atomic mass is 32.2. The van der Waals surface area contributed by atoms with Gasteiger partial charge in [0.2, 0.25) is 5.91 Å². The molecule has 7 heteroatoms. The third-order valence-electron chi connectivity index (χ3n) is 4.77. The van der Waals surface area contributed by atoms with E-state index in [2.05, 4.69) is 9.88 Å². The van der Waals surface area contributed by atoms with Gasteiger partial charge in [-0.2, -0.15) is 0 Å². The first-order valence-electron chi connectivity index (χ1n) is 9.53. The van der Waals surface area contributed by atoms with Crippen LogP contribution >= 0.6 is 0 Å². The fourth-order valence-electron chi connectivity index (χ4n) is 3.36. The first kappa shape index (κ1) is 19.8. The van der Waals surface area contributed by atoms with Crippen molar-refractivity contribution in [3.63, 3.8) is 0 Å². The second-order valence-corrected chi connectivity index (χ2v) is 9.05. The van der Waals surface area contributed by atoms with Crippen LogP contribution in [-0.2, 0) is 21.1 Å². The molecule has 3 aromatic carbocycles. The molecule has 6 nitrogen and oxygen atoms in total. The standard InChI is InChI=1S/C23H21N3O3S/c1-30(28,29)19-11-7-8-17(16-19)24-23(27)15-14-22-25-20-12-5-6-13-21(20)26(22)18-9-3-2-4-10-18/h2-13,16H,14-15H2,1H3,(H,24,27). The van der Waals surface area contributed by atoms with Crippen LogP contribution in [0.1, 0.15) is 12.2 Å². The number of aromatic nitrogens is 2. The number of hydrogen-bond acceptors (Lipinski definition) is 4. The lowest BCUT2D eigenvalue weighted by Crippen LogP contribution is -2.14. The first-order valence-corrected chi connectivity index (χ1v) is 11.4. The van der Waals surface area contributed by atoms with Crippen molar-refractivity contribution in [3.05, 3.63) is 84.7 Å². The van der Waals surface area contributed by atoms with Gasteiger partial charge in [-0.25, -0.2) is 13.4 Å². The number of carbonyl (C=O) groups is 1. The predicted octanol–water partition coefficient (Wildman–Crippen LogP) is 4.00. The monoisotopic (exact) mass is 419 g/mol. The van der Waals surface area contributed by atoms with E-state index in [0.717, 1.165) is 28.8 Å². The van der Waals surface area contributed by atoms with E-state index in [1.165, 1.54) is 12.1 Å². The minimum absolute atomic E-state index is 0.172. The molecule has 0 atom stereocenters. The molecule has 0 unspecified atom stereocenters. The van der Waals surface area contributed by atoms with Crippen LogP contribution < -0.4 is 5.32 Å². The molecule has 1 heterocycles. The predicted molar refractivity (Wildman–Crippen MR) is 118 cm³/mol. The van der Waals surface area contributed by atoms with E-state index in [1.54, 1.807) is 12.1 Å². The van der Waals surface area contributed by atoms with Crippen LogP contribution in [0.25, 0.3) is 16.7 Å². The molecule has 0 saturated heterocycles. The molecule has 30 heavy (non-hydrogen) atoms.